The SMILES string of the molecule is O=C(c1cc2cccc(Cl)c2o1)C1CC2CCC1N2. The maximum Gasteiger partial charge on any atom is 0.202 e. The van der Waals surface area contributed by atoms with E-state index in [2.05, 4.69) is 5.32 Å². The number of Topliss-reactive ketones (excluding diaryl/α,β-unsaturated/α-hetero) is 1. The molecule has 0 amide bonds. The molecule has 1 aromatic heterocycles. The molecule has 3 unspecified atom stereocenters. The molecule has 98 valence electrons. The number of benzene rings is 1. The average Bonchev–Trinajstić information content (AvgIpc) is 3.12. The third-order valence-electron chi connectivity index (χ3n) is 4.38. The highest BCUT2D eigenvalue weighted by Gasteiger charge is 2.43. The first-order valence-corrected chi connectivity index (χ1v) is 7.08. The Balaban J connectivity index is 1.70. The number of nitrogens with one attached hydrogen (secondary N) is 1. The smallest absolute Gasteiger partial charge is 0.202 e. The van der Waals surface area contributed by atoms with Crippen LogP contribution >= 0.6 is 11.6 Å². The fourth-order valence-electron chi connectivity index (χ4n) is 3.45. The van der Waals surface area contributed by atoms with Gasteiger partial charge in [0.15, 0.2) is 11.3 Å². The highest BCUT2D eigenvalue weighted by atomic mass is 35.5. The predicted octanol–water partition coefficient (Wildman–Crippen LogP) is 3.41. The maximum atomic E-state index is 12.5. The summed E-state index contributed by atoms with van der Waals surface area (Å²) >= 11 is 6.08. The van der Waals surface area contributed by atoms with E-state index in [4.69, 9.17) is 16.0 Å². The Labute approximate surface area is 115 Å². The van der Waals surface area contributed by atoms with Gasteiger partial charge in [-0.3, -0.25) is 4.79 Å². The molecule has 0 radical (unpaired) electrons. The van der Waals surface area contributed by atoms with Crippen LogP contribution in [0.2, 0.25) is 5.02 Å². The van der Waals surface area contributed by atoms with E-state index in [0.29, 0.717) is 28.4 Å². The van der Waals surface area contributed by atoms with Gasteiger partial charge in [-0.2, -0.15) is 0 Å². The Bertz CT molecular complexity index is 663. The van der Waals surface area contributed by atoms with Crippen molar-refractivity contribution in [2.24, 2.45) is 5.92 Å². The third-order valence-corrected chi connectivity index (χ3v) is 4.67. The molecular formula is C15H14ClNO2. The molecule has 19 heavy (non-hydrogen) atoms. The molecule has 1 N–H and O–H groups in total. The van der Waals surface area contributed by atoms with Crippen molar-refractivity contribution in [3.63, 3.8) is 0 Å². The lowest BCUT2D eigenvalue weighted by Crippen LogP contribution is -2.28. The summed E-state index contributed by atoms with van der Waals surface area (Å²) in [5.74, 6) is 0.632. The van der Waals surface area contributed by atoms with E-state index in [-0.39, 0.29) is 11.7 Å². The lowest BCUT2D eigenvalue weighted by Gasteiger charge is -2.17. The molecule has 2 bridgehead atoms. The zero-order valence-corrected chi connectivity index (χ0v) is 11.1. The fourth-order valence-corrected chi connectivity index (χ4v) is 3.67. The summed E-state index contributed by atoms with van der Waals surface area (Å²) < 4.78 is 5.67. The zero-order chi connectivity index (χ0) is 13.0. The number of halogens is 1. The number of carbonyl (C=O) groups is 1. The molecule has 2 saturated heterocycles. The van der Waals surface area contributed by atoms with Crippen molar-refractivity contribution < 1.29 is 9.21 Å². The average molecular weight is 276 g/mol. The van der Waals surface area contributed by atoms with Crippen molar-refractivity contribution in [2.75, 3.05) is 0 Å². The molecule has 3 atom stereocenters. The third kappa shape index (κ3) is 1.72. The van der Waals surface area contributed by atoms with E-state index in [1.54, 1.807) is 6.07 Å². The summed E-state index contributed by atoms with van der Waals surface area (Å²) in [6.07, 6.45) is 3.23. The van der Waals surface area contributed by atoms with Gasteiger partial charge in [0.05, 0.1) is 5.02 Å². The fraction of sp³-hybridized carbons (Fsp3) is 0.400. The first kappa shape index (κ1) is 11.5. The number of hydrogen-bond donors (Lipinski definition) is 1. The van der Waals surface area contributed by atoms with Gasteiger partial charge < -0.3 is 9.73 Å². The lowest BCUT2D eigenvalue weighted by atomic mass is 9.85. The van der Waals surface area contributed by atoms with Gasteiger partial charge in [-0.1, -0.05) is 23.7 Å². The molecule has 2 aromatic rings. The molecule has 4 rings (SSSR count). The Kier molecular flexibility index (Phi) is 2.47. The lowest BCUT2D eigenvalue weighted by molar-refractivity contribution is 0.0874. The van der Waals surface area contributed by atoms with Gasteiger partial charge in [0, 0.05) is 23.4 Å². The van der Waals surface area contributed by atoms with Gasteiger partial charge in [-0.15, -0.1) is 0 Å². The van der Waals surface area contributed by atoms with Crippen LogP contribution in [-0.4, -0.2) is 17.9 Å². The number of fused-ring (bicyclic) bond motifs is 3. The van der Waals surface area contributed by atoms with Gasteiger partial charge in [-0.25, -0.2) is 0 Å². The number of carbonyl (C=O) groups excluding carboxylic acids is 1. The molecule has 2 aliphatic rings. The summed E-state index contributed by atoms with van der Waals surface area (Å²) in [5, 5.41) is 4.94. The summed E-state index contributed by atoms with van der Waals surface area (Å²) in [6.45, 7) is 0. The second-order valence-electron chi connectivity index (χ2n) is 5.52. The second-order valence-corrected chi connectivity index (χ2v) is 5.93. The van der Waals surface area contributed by atoms with Gasteiger partial charge in [0.1, 0.15) is 0 Å². The van der Waals surface area contributed by atoms with Gasteiger partial charge in [0.2, 0.25) is 5.78 Å². The van der Waals surface area contributed by atoms with Crippen LogP contribution in [0.15, 0.2) is 28.7 Å². The molecule has 2 fully saturated rings. The summed E-state index contributed by atoms with van der Waals surface area (Å²) in [4.78, 5) is 12.5. The van der Waals surface area contributed by atoms with Crippen LogP contribution in [0.1, 0.15) is 29.8 Å². The van der Waals surface area contributed by atoms with Crippen molar-refractivity contribution in [3.8, 4) is 0 Å². The van der Waals surface area contributed by atoms with Crippen LogP contribution in [0.3, 0.4) is 0 Å². The standard InChI is InChI=1S/C15H14ClNO2/c16-11-3-1-2-8-6-13(19-15(8)11)14(18)10-7-9-4-5-12(10)17-9/h1-3,6,9-10,12,17H,4-5,7H2. The molecule has 3 nitrogen and oxygen atoms in total. The molecule has 0 aliphatic carbocycles. The minimum absolute atomic E-state index is 0.0677. The van der Waals surface area contributed by atoms with E-state index in [0.717, 1.165) is 18.2 Å². The summed E-state index contributed by atoms with van der Waals surface area (Å²) in [6, 6.07) is 8.23. The molecule has 4 heteroatoms. The number of rotatable bonds is 2. The first-order valence-electron chi connectivity index (χ1n) is 6.71. The Morgan fingerprint density at radius 2 is 2.26 bits per heavy atom. The highest BCUT2D eigenvalue weighted by molar-refractivity contribution is 6.34. The number of hydrogen-bond acceptors (Lipinski definition) is 3. The van der Waals surface area contributed by atoms with Gasteiger partial charge >= 0.3 is 0 Å². The monoisotopic (exact) mass is 275 g/mol. The van der Waals surface area contributed by atoms with E-state index < -0.39 is 0 Å². The van der Waals surface area contributed by atoms with E-state index in [1.165, 1.54) is 6.42 Å². The molecule has 1 aromatic carbocycles. The topological polar surface area (TPSA) is 42.2 Å². The van der Waals surface area contributed by atoms with Crippen LogP contribution in [-0.2, 0) is 0 Å². The Hall–Kier alpha value is -1.32. The predicted molar refractivity (Wildman–Crippen MR) is 73.6 cm³/mol. The van der Waals surface area contributed by atoms with Crippen LogP contribution in [0.4, 0.5) is 0 Å². The summed E-state index contributed by atoms with van der Waals surface area (Å²) in [7, 11) is 0. The molecular weight excluding hydrogens is 262 g/mol. The van der Waals surface area contributed by atoms with Crippen molar-refractivity contribution in [1.29, 1.82) is 0 Å². The minimum Gasteiger partial charge on any atom is -0.451 e. The van der Waals surface area contributed by atoms with Crippen molar-refractivity contribution >= 4 is 28.4 Å². The largest absolute Gasteiger partial charge is 0.451 e. The van der Waals surface area contributed by atoms with Gasteiger partial charge in [-0.05, 0) is 31.4 Å². The Morgan fingerprint density at radius 3 is 2.95 bits per heavy atom. The Morgan fingerprint density at radius 1 is 1.37 bits per heavy atom. The normalized spacial score (nSPS) is 29.2. The van der Waals surface area contributed by atoms with Crippen molar-refractivity contribution in [2.45, 2.75) is 31.3 Å². The van der Waals surface area contributed by atoms with Crippen molar-refractivity contribution in [1.82, 2.24) is 5.32 Å². The highest BCUT2D eigenvalue weighted by Crippen LogP contribution is 2.36. The minimum atomic E-state index is 0.0677. The molecule has 2 aliphatic heterocycles. The van der Waals surface area contributed by atoms with Crippen molar-refractivity contribution in [3.05, 3.63) is 35.0 Å². The van der Waals surface area contributed by atoms with Gasteiger partial charge in [0.25, 0.3) is 0 Å². The molecule has 0 saturated carbocycles. The van der Waals surface area contributed by atoms with Crippen LogP contribution < -0.4 is 5.32 Å². The first-order chi connectivity index (χ1) is 9.22. The van der Waals surface area contributed by atoms with Crippen LogP contribution in [0.25, 0.3) is 11.0 Å². The van der Waals surface area contributed by atoms with Crippen LogP contribution in [0, 0.1) is 5.92 Å². The van der Waals surface area contributed by atoms with E-state index >= 15 is 0 Å². The second kappa shape index (κ2) is 4.09. The number of para-hydroxylation sites is 1. The van der Waals surface area contributed by atoms with E-state index in [1.807, 2.05) is 18.2 Å². The number of ketones is 1. The van der Waals surface area contributed by atoms with E-state index in [9.17, 15) is 4.79 Å². The summed E-state index contributed by atoms with van der Waals surface area (Å²) in [5.41, 5.74) is 0.614. The number of furan rings is 1. The maximum absolute atomic E-state index is 12.5. The zero-order valence-electron chi connectivity index (χ0n) is 10.4. The molecule has 3 heterocycles. The quantitative estimate of drug-likeness (QED) is 0.854. The molecule has 0 spiro atoms. The van der Waals surface area contributed by atoms with Crippen LogP contribution in [0.5, 0.6) is 0 Å².